The second-order valence-electron chi connectivity index (χ2n) is 19.2. The van der Waals surface area contributed by atoms with Gasteiger partial charge in [0, 0.05) is 33.8 Å². The van der Waals surface area contributed by atoms with Crippen LogP contribution in [0, 0.1) is 20.8 Å². The standard InChI is InChI=1S/C54H57N3S/c1-31(2)41-14-13-15-42(32(3)4)50(41)37-25-38(51-56-53(11)30-45-35(7)34(6)17-20-46(45)54(53,12)58-51)27-40(26-37)57-48-21-16-33(5)24-44(48)43-19-18-36(28-49(43)57)47-29-39(22-23-55-47)52(8,9)10/h13-29,31-32H,30H2,1-12H3/t53-,54+/m1/s1. The van der Waals surface area contributed by atoms with Gasteiger partial charge in [-0.25, -0.2) is 0 Å². The lowest BCUT2D eigenvalue weighted by Gasteiger charge is -2.31. The van der Waals surface area contributed by atoms with E-state index in [4.69, 9.17) is 9.98 Å². The van der Waals surface area contributed by atoms with Gasteiger partial charge in [-0.1, -0.05) is 114 Å². The fourth-order valence-corrected chi connectivity index (χ4v) is 11.3. The Bertz CT molecular complexity index is 2820. The highest BCUT2D eigenvalue weighted by atomic mass is 32.2. The van der Waals surface area contributed by atoms with Gasteiger partial charge in [0.1, 0.15) is 0 Å². The van der Waals surface area contributed by atoms with Gasteiger partial charge < -0.3 is 4.57 Å². The third-order valence-corrected chi connectivity index (χ3v) is 15.1. The van der Waals surface area contributed by atoms with Crippen molar-refractivity contribution in [3.8, 4) is 28.1 Å². The third kappa shape index (κ3) is 6.00. The average molecular weight is 780 g/mol. The molecule has 2 aromatic heterocycles. The number of pyridine rings is 1. The summed E-state index contributed by atoms with van der Waals surface area (Å²) in [4.78, 5) is 10.7. The molecule has 0 saturated heterocycles. The van der Waals surface area contributed by atoms with E-state index in [0.29, 0.717) is 11.8 Å². The number of aromatic nitrogens is 2. The van der Waals surface area contributed by atoms with Crippen molar-refractivity contribution >= 4 is 38.6 Å². The molecule has 0 saturated carbocycles. The first-order valence-electron chi connectivity index (χ1n) is 21.2. The Morgan fingerprint density at radius 2 is 1.43 bits per heavy atom. The third-order valence-electron chi connectivity index (χ3n) is 13.5. The number of rotatable bonds is 6. The minimum atomic E-state index is -0.239. The Balaban J connectivity index is 1.32. The van der Waals surface area contributed by atoms with Crippen LogP contribution in [0.2, 0.25) is 0 Å². The summed E-state index contributed by atoms with van der Waals surface area (Å²) in [6, 6.07) is 37.2. The first kappa shape index (κ1) is 38.6. The summed E-state index contributed by atoms with van der Waals surface area (Å²) in [7, 11) is 0. The van der Waals surface area contributed by atoms with Crippen molar-refractivity contribution in [3.63, 3.8) is 0 Å². The van der Waals surface area contributed by atoms with Crippen molar-refractivity contribution in [1.29, 1.82) is 0 Å². The van der Waals surface area contributed by atoms with Gasteiger partial charge >= 0.3 is 0 Å². The maximum absolute atomic E-state index is 5.76. The zero-order valence-corrected chi connectivity index (χ0v) is 37.2. The van der Waals surface area contributed by atoms with Crippen LogP contribution in [-0.2, 0) is 16.6 Å². The summed E-state index contributed by atoms with van der Waals surface area (Å²) in [6.07, 6.45) is 2.92. The maximum Gasteiger partial charge on any atom is 0.0994 e. The number of benzene rings is 5. The summed E-state index contributed by atoms with van der Waals surface area (Å²) < 4.78 is 2.35. The van der Waals surface area contributed by atoms with Crippen LogP contribution < -0.4 is 0 Å². The van der Waals surface area contributed by atoms with Crippen LogP contribution in [0.25, 0.3) is 49.9 Å². The van der Waals surface area contributed by atoms with Gasteiger partial charge in [0.25, 0.3) is 0 Å². The summed E-state index contributed by atoms with van der Waals surface area (Å²) in [5, 5.41) is 3.64. The van der Waals surface area contributed by atoms with E-state index >= 15 is 0 Å². The minimum absolute atomic E-state index is 0.0274. The monoisotopic (exact) mass is 779 g/mol. The van der Waals surface area contributed by atoms with Gasteiger partial charge in [-0.2, -0.15) is 0 Å². The van der Waals surface area contributed by atoms with Crippen molar-refractivity contribution < 1.29 is 0 Å². The zero-order valence-electron chi connectivity index (χ0n) is 36.4. The quantitative estimate of drug-likeness (QED) is 0.168. The van der Waals surface area contributed by atoms with Crippen molar-refractivity contribution in [3.05, 3.63) is 153 Å². The molecule has 0 spiro atoms. The number of hydrogen-bond acceptors (Lipinski definition) is 3. The van der Waals surface area contributed by atoms with Gasteiger partial charge in [0.2, 0.25) is 0 Å². The Hall–Kier alpha value is -4.93. The maximum atomic E-state index is 5.76. The van der Waals surface area contributed by atoms with E-state index in [1.165, 1.54) is 83.0 Å². The molecule has 0 fully saturated rings. The predicted molar refractivity (Wildman–Crippen MR) is 251 cm³/mol. The van der Waals surface area contributed by atoms with E-state index in [1.54, 1.807) is 0 Å². The molecule has 2 aliphatic rings. The molecule has 0 unspecified atom stereocenters. The van der Waals surface area contributed by atoms with Gasteiger partial charge in [0.15, 0.2) is 0 Å². The van der Waals surface area contributed by atoms with Crippen LogP contribution in [0.15, 0.2) is 108 Å². The molecule has 5 aromatic carbocycles. The van der Waals surface area contributed by atoms with Crippen LogP contribution in [0.4, 0.5) is 0 Å². The molecule has 7 aromatic rings. The lowest BCUT2D eigenvalue weighted by Crippen LogP contribution is -2.36. The lowest BCUT2D eigenvalue weighted by molar-refractivity contribution is 0.407. The molecule has 58 heavy (non-hydrogen) atoms. The van der Waals surface area contributed by atoms with E-state index in [0.717, 1.165) is 28.4 Å². The van der Waals surface area contributed by atoms with Crippen LogP contribution in [0.3, 0.4) is 0 Å². The molecule has 4 heteroatoms. The molecule has 1 aliphatic carbocycles. The Labute approximate surface area is 350 Å². The van der Waals surface area contributed by atoms with Crippen LogP contribution in [0.5, 0.6) is 0 Å². The molecule has 0 bridgehead atoms. The highest BCUT2D eigenvalue weighted by Crippen LogP contribution is 2.61. The van der Waals surface area contributed by atoms with Crippen molar-refractivity contribution in [2.24, 2.45) is 4.99 Å². The highest BCUT2D eigenvalue weighted by Gasteiger charge is 2.57. The molecule has 3 heterocycles. The van der Waals surface area contributed by atoms with Gasteiger partial charge in [-0.3, -0.25) is 9.98 Å². The van der Waals surface area contributed by atoms with Crippen molar-refractivity contribution in [2.75, 3.05) is 0 Å². The van der Waals surface area contributed by atoms with Crippen LogP contribution in [-0.4, -0.2) is 20.1 Å². The van der Waals surface area contributed by atoms with Gasteiger partial charge in [-0.05, 0) is 157 Å². The molecule has 3 nitrogen and oxygen atoms in total. The second kappa shape index (κ2) is 13.6. The number of nitrogens with zero attached hydrogens (tertiary/aromatic N) is 3. The Morgan fingerprint density at radius 1 is 0.707 bits per heavy atom. The largest absolute Gasteiger partial charge is 0.309 e. The molecule has 9 rings (SSSR count). The zero-order chi connectivity index (χ0) is 41.1. The summed E-state index contributed by atoms with van der Waals surface area (Å²) in [6.45, 7) is 27.7. The van der Waals surface area contributed by atoms with E-state index in [1.807, 2.05) is 18.0 Å². The molecular formula is C54H57N3S. The van der Waals surface area contributed by atoms with E-state index in [-0.39, 0.29) is 15.7 Å². The van der Waals surface area contributed by atoms with E-state index in [9.17, 15) is 0 Å². The second-order valence-corrected chi connectivity index (χ2v) is 20.6. The van der Waals surface area contributed by atoms with E-state index in [2.05, 4.69) is 185 Å². The molecule has 294 valence electrons. The highest BCUT2D eigenvalue weighted by molar-refractivity contribution is 8.15. The SMILES string of the molecule is Cc1ccc2c(c1)c1ccc(-c3cc(C(C)(C)C)ccn3)cc1n2-c1cc(C2=N[C@]3(C)Cc4c(ccc(C)c4C)[C@]3(C)S2)cc(-c2c(C(C)C)cccc2C(C)C)c1. The average Bonchev–Trinajstić information content (AvgIpc) is 3.73. The number of aryl methyl sites for hydroxylation is 2. The Morgan fingerprint density at radius 3 is 2.14 bits per heavy atom. The number of thioether (sulfide) groups is 1. The summed E-state index contributed by atoms with van der Waals surface area (Å²) in [5.41, 5.74) is 20.3. The minimum Gasteiger partial charge on any atom is -0.309 e. The first-order chi connectivity index (χ1) is 27.5. The first-order valence-corrected chi connectivity index (χ1v) is 22.0. The summed E-state index contributed by atoms with van der Waals surface area (Å²) in [5.74, 6) is 0.740. The molecule has 2 atom stereocenters. The number of fused-ring (bicyclic) bond motifs is 6. The van der Waals surface area contributed by atoms with E-state index < -0.39 is 0 Å². The predicted octanol–water partition coefficient (Wildman–Crippen LogP) is 14.7. The van der Waals surface area contributed by atoms with Crippen molar-refractivity contribution in [1.82, 2.24) is 9.55 Å². The molecule has 0 radical (unpaired) electrons. The lowest BCUT2D eigenvalue weighted by atomic mass is 9.84. The fraction of sp³-hybridized carbons (Fsp3) is 0.333. The van der Waals surface area contributed by atoms with Gasteiger partial charge in [0.05, 0.1) is 32.1 Å². The smallest absolute Gasteiger partial charge is 0.0994 e. The van der Waals surface area contributed by atoms with Gasteiger partial charge in [-0.15, -0.1) is 0 Å². The molecule has 0 N–H and O–H groups in total. The Kier molecular flexibility index (Phi) is 9.02. The molecule has 1 aliphatic heterocycles. The number of hydrogen-bond donors (Lipinski definition) is 0. The molecular weight excluding hydrogens is 723 g/mol. The molecule has 0 amide bonds. The summed E-state index contributed by atoms with van der Waals surface area (Å²) >= 11 is 1.97. The fourth-order valence-electron chi connectivity index (χ4n) is 9.75. The van der Waals surface area contributed by atoms with Crippen LogP contribution in [0.1, 0.15) is 124 Å². The van der Waals surface area contributed by atoms with Crippen LogP contribution >= 0.6 is 11.8 Å². The van der Waals surface area contributed by atoms with Crippen molar-refractivity contribution in [2.45, 2.75) is 117 Å². The number of aliphatic imine (C=N–C) groups is 1. The normalized spacial score (nSPS) is 19.1. The topological polar surface area (TPSA) is 30.2 Å².